The van der Waals surface area contributed by atoms with Crippen LogP contribution in [0, 0.1) is 0 Å². The van der Waals surface area contributed by atoms with Gasteiger partial charge >= 0.3 is 5.97 Å². The first-order valence-electron chi connectivity index (χ1n) is 5.72. The molecule has 0 aromatic carbocycles. The van der Waals surface area contributed by atoms with Gasteiger partial charge in [0.25, 0.3) is 0 Å². The molecule has 1 heterocycles. The van der Waals surface area contributed by atoms with Crippen molar-refractivity contribution in [2.45, 2.75) is 13.5 Å². The summed E-state index contributed by atoms with van der Waals surface area (Å²) in [4.78, 5) is 11.2. The number of ether oxygens (including phenoxy) is 2. The minimum absolute atomic E-state index is 0.394. The second-order valence-electron chi connectivity index (χ2n) is 3.98. The molecule has 100 valence electrons. The third-order valence-electron chi connectivity index (χ3n) is 2.15. The average molecular weight is 253 g/mol. The van der Waals surface area contributed by atoms with Gasteiger partial charge in [-0.05, 0) is 13.0 Å². The van der Waals surface area contributed by atoms with Crippen molar-refractivity contribution in [1.29, 1.82) is 0 Å². The number of nitrogens with one attached hydrogen (secondary N) is 1. The van der Waals surface area contributed by atoms with Gasteiger partial charge in [-0.3, -0.25) is 0 Å². The van der Waals surface area contributed by atoms with Gasteiger partial charge in [0, 0.05) is 6.54 Å². The summed E-state index contributed by atoms with van der Waals surface area (Å²) in [5.74, 6) is 0.296. The van der Waals surface area contributed by atoms with E-state index >= 15 is 0 Å². The molecule has 1 N–H and O–H groups in total. The molecule has 0 bridgehead atoms. The van der Waals surface area contributed by atoms with Crippen molar-refractivity contribution >= 4 is 5.97 Å². The highest BCUT2D eigenvalue weighted by Crippen LogP contribution is 2.08. The molecule has 0 aliphatic carbocycles. The van der Waals surface area contributed by atoms with Crippen LogP contribution in [-0.4, -0.2) is 32.8 Å². The van der Waals surface area contributed by atoms with Crippen molar-refractivity contribution in [3.05, 3.63) is 35.8 Å². The van der Waals surface area contributed by atoms with Crippen LogP contribution in [-0.2, 0) is 16.0 Å². The second-order valence-corrected chi connectivity index (χ2v) is 3.98. The molecule has 1 aromatic rings. The van der Waals surface area contributed by atoms with E-state index in [1.807, 2.05) is 6.92 Å². The van der Waals surface area contributed by atoms with Crippen LogP contribution >= 0.6 is 0 Å². The molecule has 0 saturated carbocycles. The molecule has 0 amide bonds. The van der Waals surface area contributed by atoms with Gasteiger partial charge in [0.1, 0.15) is 12.0 Å². The summed E-state index contributed by atoms with van der Waals surface area (Å²) < 4.78 is 15.1. The highest BCUT2D eigenvalue weighted by atomic mass is 16.5. The zero-order valence-corrected chi connectivity index (χ0v) is 10.8. The standard InChI is InChI=1S/C13H19NO4/c1-10(2)8-17-5-4-14-7-12-6-11(9-18-12)13(15)16-3/h6,9,14H,1,4-5,7-8H2,2-3H3. The van der Waals surface area contributed by atoms with Gasteiger partial charge in [0.2, 0.25) is 0 Å². The summed E-state index contributed by atoms with van der Waals surface area (Å²) in [5.41, 5.74) is 1.43. The maximum atomic E-state index is 11.2. The zero-order chi connectivity index (χ0) is 13.4. The zero-order valence-electron chi connectivity index (χ0n) is 10.8. The summed E-state index contributed by atoms with van der Waals surface area (Å²) in [6, 6.07) is 1.66. The Labute approximate surface area is 107 Å². The number of rotatable bonds is 8. The minimum Gasteiger partial charge on any atom is -0.467 e. The van der Waals surface area contributed by atoms with E-state index in [0.29, 0.717) is 37.6 Å². The van der Waals surface area contributed by atoms with E-state index in [9.17, 15) is 4.79 Å². The highest BCUT2D eigenvalue weighted by molar-refractivity contribution is 5.88. The number of methoxy groups -OCH3 is 1. The normalized spacial score (nSPS) is 10.3. The van der Waals surface area contributed by atoms with E-state index in [1.54, 1.807) is 6.07 Å². The fraction of sp³-hybridized carbons (Fsp3) is 0.462. The number of carbonyl (C=O) groups is 1. The molecular weight excluding hydrogens is 234 g/mol. The van der Waals surface area contributed by atoms with Gasteiger partial charge in [-0.25, -0.2) is 4.79 Å². The molecule has 1 aromatic heterocycles. The molecule has 5 heteroatoms. The van der Waals surface area contributed by atoms with Crippen LogP contribution in [0.2, 0.25) is 0 Å². The van der Waals surface area contributed by atoms with E-state index in [2.05, 4.69) is 16.6 Å². The Balaban J connectivity index is 2.17. The van der Waals surface area contributed by atoms with Crippen molar-refractivity contribution in [1.82, 2.24) is 5.32 Å². The molecule has 5 nitrogen and oxygen atoms in total. The Morgan fingerprint density at radius 2 is 2.33 bits per heavy atom. The Bertz CT molecular complexity index is 397. The quantitative estimate of drug-likeness (QED) is 0.434. The van der Waals surface area contributed by atoms with E-state index in [0.717, 1.165) is 5.57 Å². The van der Waals surface area contributed by atoms with Crippen LogP contribution in [0.1, 0.15) is 23.0 Å². The fourth-order valence-corrected chi connectivity index (χ4v) is 1.30. The fourth-order valence-electron chi connectivity index (χ4n) is 1.30. The second kappa shape index (κ2) is 7.68. The molecule has 0 aliphatic heterocycles. The number of carbonyl (C=O) groups excluding carboxylic acids is 1. The maximum Gasteiger partial charge on any atom is 0.341 e. The van der Waals surface area contributed by atoms with Crippen LogP contribution in [0.4, 0.5) is 0 Å². The SMILES string of the molecule is C=C(C)COCCNCc1cc(C(=O)OC)co1. The first kappa shape index (κ1) is 14.5. The molecule has 0 atom stereocenters. The van der Waals surface area contributed by atoms with Crippen LogP contribution < -0.4 is 5.32 Å². The molecule has 1 rings (SSSR count). The third kappa shape index (κ3) is 5.16. The van der Waals surface area contributed by atoms with E-state index < -0.39 is 5.97 Å². The Kier molecular flexibility index (Phi) is 6.18. The maximum absolute atomic E-state index is 11.2. The van der Waals surface area contributed by atoms with Crippen molar-refractivity contribution in [2.75, 3.05) is 26.9 Å². The van der Waals surface area contributed by atoms with Gasteiger partial charge in [0.05, 0.1) is 32.4 Å². The first-order chi connectivity index (χ1) is 8.63. The number of esters is 1. The van der Waals surface area contributed by atoms with Crippen LogP contribution in [0.3, 0.4) is 0 Å². The monoisotopic (exact) mass is 253 g/mol. The molecule has 0 radical (unpaired) electrons. The molecule has 0 aliphatic rings. The topological polar surface area (TPSA) is 60.7 Å². The summed E-state index contributed by atoms with van der Waals surface area (Å²) in [6.07, 6.45) is 1.39. The minimum atomic E-state index is -0.394. The molecule has 0 saturated heterocycles. The van der Waals surface area contributed by atoms with Gasteiger partial charge in [0.15, 0.2) is 0 Å². The van der Waals surface area contributed by atoms with E-state index in [-0.39, 0.29) is 0 Å². The van der Waals surface area contributed by atoms with E-state index in [1.165, 1.54) is 13.4 Å². The molecule has 0 unspecified atom stereocenters. The lowest BCUT2D eigenvalue weighted by molar-refractivity contribution is 0.0600. The molecule has 0 fully saturated rings. The lowest BCUT2D eigenvalue weighted by Crippen LogP contribution is -2.19. The van der Waals surface area contributed by atoms with Crippen molar-refractivity contribution in [3.8, 4) is 0 Å². The Morgan fingerprint density at radius 3 is 3.00 bits per heavy atom. The molecular formula is C13H19NO4. The summed E-state index contributed by atoms with van der Waals surface area (Å²) in [7, 11) is 1.34. The Hall–Kier alpha value is -1.59. The average Bonchev–Trinajstić information content (AvgIpc) is 2.81. The van der Waals surface area contributed by atoms with Gasteiger partial charge in [-0.2, -0.15) is 0 Å². The van der Waals surface area contributed by atoms with E-state index in [4.69, 9.17) is 9.15 Å². The van der Waals surface area contributed by atoms with Gasteiger partial charge in [-0.1, -0.05) is 12.2 Å². The summed E-state index contributed by atoms with van der Waals surface area (Å²) in [5, 5.41) is 3.15. The van der Waals surface area contributed by atoms with Crippen LogP contribution in [0.25, 0.3) is 0 Å². The highest BCUT2D eigenvalue weighted by Gasteiger charge is 2.09. The summed E-state index contributed by atoms with van der Waals surface area (Å²) >= 11 is 0. The lowest BCUT2D eigenvalue weighted by Gasteiger charge is -2.04. The predicted molar refractivity (Wildman–Crippen MR) is 67.4 cm³/mol. The molecule has 18 heavy (non-hydrogen) atoms. The van der Waals surface area contributed by atoms with Gasteiger partial charge < -0.3 is 19.2 Å². The lowest BCUT2D eigenvalue weighted by atomic mass is 10.3. The number of furan rings is 1. The summed E-state index contributed by atoms with van der Waals surface area (Å²) in [6.45, 7) is 8.11. The van der Waals surface area contributed by atoms with Gasteiger partial charge in [-0.15, -0.1) is 0 Å². The van der Waals surface area contributed by atoms with Crippen LogP contribution in [0.15, 0.2) is 28.9 Å². The van der Waals surface area contributed by atoms with Crippen molar-refractivity contribution in [3.63, 3.8) is 0 Å². The van der Waals surface area contributed by atoms with Crippen LogP contribution in [0.5, 0.6) is 0 Å². The predicted octanol–water partition coefficient (Wildman–Crippen LogP) is 1.75. The number of hydrogen-bond acceptors (Lipinski definition) is 5. The Morgan fingerprint density at radius 1 is 1.56 bits per heavy atom. The largest absolute Gasteiger partial charge is 0.467 e. The number of hydrogen-bond donors (Lipinski definition) is 1. The molecule has 0 spiro atoms. The third-order valence-corrected chi connectivity index (χ3v) is 2.15. The smallest absolute Gasteiger partial charge is 0.341 e. The first-order valence-corrected chi connectivity index (χ1v) is 5.72. The van der Waals surface area contributed by atoms with Crippen molar-refractivity contribution in [2.24, 2.45) is 0 Å². The van der Waals surface area contributed by atoms with Crippen molar-refractivity contribution < 1.29 is 18.7 Å².